The first-order valence-corrected chi connectivity index (χ1v) is 2.62. The third kappa shape index (κ3) is 6000. The Morgan fingerprint density at radius 2 is 1.80 bits per heavy atom. The van der Waals surface area contributed by atoms with Gasteiger partial charge in [-0.1, -0.05) is 0 Å². The van der Waals surface area contributed by atoms with E-state index in [0.29, 0.717) is 0 Å². The summed E-state index contributed by atoms with van der Waals surface area (Å²) < 4.78 is 4.62. The maximum atomic E-state index is 8.36. The molecular formula is CH4NO2Zn. The van der Waals surface area contributed by atoms with Crippen LogP contribution in [0.4, 0.5) is 0 Å². The molecule has 0 aliphatic carbocycles. The minimum absolute atomic E-state index is 0.250. The van der Waals surface area contributed by atoms with E-state index >= 15 is 0 Å². The van der Waals surface area contributed by atoms with E-state index in [1.807, 2.05) is 0 Å². The molecule has 0 radical (unpaired) electrons. The first kappa shape index (κ1) is 8.91. The van der Waals surface area contributed by atoms with Gasteiger partial charge in [0.25, 0.3) is 6.47 Å². The Hall–Kier alpha value is 0.0534. The summed E-state index contributed by atoms with van der Waals surface area (Å²) in [6.45, 7) is -0.250. The average molecular weight is 127 g/mol. The van der Waals surface area contributed by atoms with Gasteiger partial charge in [-0.15, -0.1) is 0 Å². The molecule has 0 aromatic heterocycles. The van der Waals surface area contributed by atoms with Gasteiger partial charge in [0.1, 0.15) is 0 Å². The van der Waals surface area contributed by atoms with E-state index < -0.39 is 0 Å². The molecule has 0 aromatic rings. The fraction of sp³-hybridized carbons (Fsp3) is 0. The van der Waals surface area contributed by atoms with E-state index in [9.17, 15) is 0 Å². The molecule has 0 aliphatic rings. The summed E-state index contributed by atoms with van der Waals surface area (Å²) in [6.07, 6.45) is 0. The molecule has 0 rings (SSSR count). The van der Waals surface area contributed by atoms with E-state index in [4.69, 9.17) is 9.90 Å². The maximum absolute atomic E-state index is 8.36. The zero-order valence-corrected chi connectivity index (χ0v) is 5.68. The number of hydrogen-bond donors (Lipinski definition) is 2. The molecule has 0 heterocycles. The fourth-order valence-corrected chi connectivity index (χ4v) is 0. The van der Waals surface area contributed by atoms with Crippen molar-refractivity contribution in [1.29, 1.82) is 0 Å². The van der Waals surface area contributed by atoms with E-state index in [1.165, 1.54) is 0 Å². The molecular weight excluding hydrogens is 123 g/mol. The number of nitrogens with two attached hydrogens (primary N) is 1. The van der Waals surface area contributed by atoms with Crippen molar-refractivity contribution >= 4 is 6.47 Å². The molecule has 0 spiro atoms. The standard InChI is InChI=1S/CH2O2.H2N.Zn/c2-1-3;;/h1H,(H,2,3);1H2;/q;-1;+1. The summed E-state index contributed by atoms with van der Waals surface area (Å²) >= 11 is 0.875. The van der Waals surface area contributed by atoms with Crippen LogP contribution < -0.4 is 4.48 Å². The fourth-order valence-electron chi connectivity index (χ4n) is 0. The van der Waals surface area contributed by atoms with Crippen LogP contribution in [-0.4, -0.2) is 11.6 Å². The van der Waals surface area contributed by atoms with Gasteiger partial charge >= 0.3 is 23.0 Å². The Bertz CT molecular complexity index is 17.1. The molecule has 0 fully saturated rings. The SMILES string of the molecule is O=CO.[NH2][Zn]. The summed E-state index contributed by atoms with van der Waals surface area (Å²) in [5.41, 5.74) is 0. The summed E-state index contributed by atoms with van der Waals surface area (Å²) in [6, 6.07) is 0. The van der Waals surface area contributed by atoms with Crippen LogP contribution in [0.3, 0.4) is 0 Å². The summed E-state index contributed by atoms with van der Waals surface area (Å²) in [4.78, 5) is 8.36. The second-order valence-electron chi connectivity index (χ2n) is 0.105. The number of rotatable bonds is 0. The van der Waals surface area contributed by atoms with Crippen LogP contribution in [0.5, 0.6) is 0 Å². The van der Waals surface area contributed by atoms with Crippen molar-refractivity contribution in [2.45, 2.75) is 0 Å². The van der Waals surface area contributed by atoms with Crippen LogP contribution in [0.1, 0.15) is 0 Å². The zero-order chi connectivity index (χ0) is 4.71. The van der Waals surface area contributed by atoms with E-state index in [-0.39, 0.29) is 6.47 Å². The topological polar surface area (TPSA) is 63.3 Å². The molecule has 0 aromatic carbocycles. The Morgan fingerprint density at radius 1 is 1.80 bits per heavy atom. The van der Waals surface area contributed by atoms with Crippen LogP contribution in [0.2, 0.25) is 0 Å². The van der Waals surface area contributed by atoms with Crippen LogP contribution in [0, 0.1) is 0 Å². The van der Waals surface area contributed by atoms with Crippen molar-refractivity contribution in [3.8, 4) is 0 Å². The third-order valence-corrected chi connectivity index (χ3v) is 0. The number of hydrogen-bond acceptors (Lipinski definition) is 2. The Morgan fingerprint density at radius 3 is 1.80 bits per heavy atom. The number of carboxylic acid groups (broad SMARTS) is 1. The molecule has 27 valence electrons. The van der Waals surface area contributed by atoms with Crippen molar-refractivity contribution < 1.29 is 28.4 Å². The zero-order valence-electron chi connectivity index (χ0n) is 2.72. The molecule has 0 saturated carbocycles. The van der Waals surface area contributed by atoms with Gasteiger partial charge in [-0.2, -0.15) is 0 Å². The van der Waals surface area contributed by atoms with Gasteiger partial charge in [-0.05, 0) is 0 Å². The normalized spacial score (nSPS) is 3.80. The quantitative estimate of drug-likeness (QED) is 0.328. The third-order valence-electron chi connectivity index (χ3n) is 0. The molecule has 0 amide bonds. The molecule has 0 unspecified atom stereocenters. The van der Waals surface area contributed by atoms with Crippen molar-refractivity contribution in [1.82, 2.24) is 0 Å². The van der Waals surface area contributed by atoms with Gasteiger partial charge in [0.05, 0.1) is 0 Å². The van der Waals surface area contributed by atoms with Gasteiger partial charge in [-0.25, -0.2) is 0 Å². The molecule has 0 atom stereocenters. The second-order valence-corrected chi connectivity index (χ2v) is 0.105. The van der Waals surface area contributed by atoms with Crippen LogP contribution >= 0.6 is 0 Å². The Labute approximate surface area is 40.1 Å². The first-order valence-electron chi connectivity index (χ1n) is 0.902. The van der Waals surface area contributed by atoms with Crippen molar-refractivity contribution in [2.75, 3.05) is 0 Å². The van der Waals surface area contributed by atoms with E-state index in [1.54, 1.807) is 0 Å². The predicted molar refractivity (Wildman–Crippen MR) is 12.9 cm³/mol. The van der Waals surface area contributed by atoms with Gasteiger partial charge in [0.15, 0.2) is 0 Å². The van der Waals surface area contributed by atoms with Crippen molar-refractivity contribution in [3.63, 3.8) is 0 Å². The van der Waals surface area contributed by atoms with E-state index in [0.717, 1.165) is 18.5 Å². The predicted octanol–water partition coefficient (Wildman–Crippen LogP) is -0.892. The monoisotopic (exact) mass is 126 g/mol. The van der Waals surface area contributed by atoms with E-state index in [2.05, 4.69) is 4.48 Å². The summed E-state index contributed by atoms with van der Waals surface area (Å²) in [7, 11) is 0. The summed E-state index contributed by atoms with van der Waals surface area (Å²) in [5, 5.41) is 6.89. The molecule has 3 nitrogen and oxygen atoms in total. The van der Waals surface area contributed by atoms with Gasteiger partial charge in [0.2, 0.25) is 0 Å². The molecule has 0 aliphatic heterocycles. The summed E-state index contributed by atoms with van der Waals surface area (Å²) in [5.74, 6) is 0. The molecule has 0 saturated heterocycles. The van der Waals surface area contributed by atoms with Crippen molar-refractivity contribution in [3.05, 3.63) is 0 Å². The molecule has 4 heteroatoms. The first-order chi connectivity index (χ1) is 2.41. The molecule has 3 N–H and O–H groups in total. The van der Waals surface area contributed by atoms with Crippen LogP contribution in [0.15, 0.2) is 0 Å². The minimum atomic E-state index is -0.250. The Balaban J connectivity index is 0. The van der Waals surface area contributed by atoms with Gasteiger partial charge < -0.3 is 5.11 Å². The van der Waals surface area contributed by atoms with Gasteiger partial charge in [-0.3, -0.25) is 4.79 Å². The van der Waals surface area contributed by atoms with Gasteiger partial charge in [0, 0.05) is 0 Å². The molecule has 0 bridgehead atoms. The van der Waals surface area contributed by atoms with Crippen molar-refractivity contribution in [2.24, 2.45) is 4.48 Å². The van der Waals surface area contributed by atoms with Crippen LogP contribution in [-0.2, 0) is 23.3 Å². The second kappa shape index (κ2) is 34.1. The van der Waals surface area contributed by atoms with Crippen LogP contribution in [0.25, 0.3) is 0 Å². The Kier molecular flexibility index (Phi) is 60.7. The number of carbonyl (C=O) groups is 1. The molecule has 5 heavy (non-hydrogen) atoms. The average Bonchev–Trinajstić information content (AvgIpc) is 1.46.